The van der Waals surface area contributed by atoms with E-state index < -0.39 is 10.8 Å². The van der Waals surface area contributed by atoms with E-state index in [4.69, 9.17) is 4.74 Å². The maximum atomic E-state index is 12.6. The zero-order valence-electron chi connectivity index (χ0n) is 13.5. The molecule has 0 N–H and O–H groups in total. The highest BCUT2D eigenvalue weighted by Gasteiger charge is 2.34. The van der Waals surface area contributed by atoms with Crippen LogP contribution in [-0.2, 0) is 15.6 Å². The fourth-order valence-corrected chi connectivity index (χ4v) is 3.97. The van der Waals surface area contributed by atoms with E-state index in [1.807, 2.05) is 56.0 Å². The van der Waals surface area contributed by atoms with Crippen LogP contribution >= 0.6 is 0 Å². The summed E-state index contributed by atoms with van der Waals surface area (Å²) in [6.45, 7) is 7.03. The number of rotatable bonds is 5. The molecule has 0 unspecified atom stereocenters. The predicted octanol–water partition coefficient (Wildman–Crippen LogP) is 2.46. The van der Waals surface area contributed by atoms with Crippen molar-refractivity contribution in [1.82, 2.24) is 4.90 Å². The molecule has 0 aromatic heterocycles. The van der Waals surface area contributed by atoms with Crippen molar-refractivity contribution in [3.05, 3.63) is 30.3 Å². The van der Waals surface area contributed by atoms with E-state index in [0.29, 0.717) is 25.3 Å². The summed E-state index contributed by atoms with van der Waals surface area (Å²) in [5, 5.41) is 0.0467. The fourth-order valence-electron chi connectivity index (χ4n) is 2.64. The molecule has 22 heavy (non-hydrogen) atoms. The van der Waals surface area contributed by atoms with Crippen LogP contribution in [0, 0.1) is 5.92 Å². The van der Waals surface area contributed by atoms with Crippen molar-refractivity contribution in [2.45, 2.75) is 38.5 Å². The van der Waals surface area contributed by atoms with Gasteiger partial charge in [-0.3, -0.25) is 9.00 Å². The summed E-state index contributed by atoms with van der Waals surface area (Å²) in [7, 11) is -0.814. The van der Waals surface area contributed by atoms with Gasteiger partial charge in [-0.15, -0.1) is 0 Å². The van der Waals surface area contributed by atoms with Crippen LogP contribution in [0.2, 0.25) is 0 Å². The summed E-state index contributed by atoms with van der Waals surface area (Å²) >= 11 is 0. The molecule has 1 aliphatic rings. The first-order valence-electron chi connectivity index (χ1n) is 7.86. The number of para-hydroxylation sites is 1. The van der Waals surface area contributed by atoms with Crippen molar-refractivity contribution in [3.63, 3.8) is 0 Å². The summed E-state index contributed by atoms with van der Waals surface area (Å²) < 4.78 is 17.5. The van der Waals surface area contributed by atoms with Gasteiger partial charge in [0.1, 0.15) is 5.75 Å². The molecule has 4 atom stereocenters. The summed E-state index contributed by atoms with van der Waals surface area (Å²) in [4.78, 5) is 14.5. The Hall–Kier alpha value is -1.36. The third kappa shape index (κ3) is 4.09. The monoisotopic (exact) mass is 323 g/mol. The molecule has 1 fully saturated rings. The number of hydrogen-bond acceptors (Lipinski definition) is 3. The summed E-state index contributed by atoms with van der Waals surface area (Å²) in [6, 6.07) is 9.68. The van der Waals surface area contributed by atoms with Crippen molar-refractivity contribution in [3.8, 4) is 5.75 Å². The van der Waals surface area contributed by atoms with E-state index in [0.717, 1.165) is 5.75 Å². The Morgan fingerprint density at radius 3 is 2.73 bits per heavy atom. The van der Waals surface area contributed by atoms with Crippen molar-refractivity contribution in [2.24, 2.45) is 5.92 Å². The van der Waals surface area contributed by atoms with Crippen LogP contribution in [0.15, 0.2) is 30.3 Å². The first-order valence-corrected chi connectivity index (χ1v) is 9.24. The Morgan fingerprint density at radius 2 is 2.05 bits per heavy atom. The molecular weight excluding hydrogens is 298 g/mol. The number of amides is 1. The van der Waals surface area contributed by atoms with Gasteiger partial charge in [-0.2, -0.15) is 0 Å². The molecule has 0 radical (unpaired) electrons. The molecule has 4 nitrogen and oxygen atoms in total. The van der Waals surface area contributed by atoms with E-state index in [9.17, 15) is 9.00 Å². The molecule has 0 bridgehead atoms. The predicted molar refractivity (Wildman–Crippen MR) is 89.4 cm³/mol. The van der Waals surface area contributed by atoms with E-state index in [-0.39, 0.29) is 23.1 Å². The van der Waals surface area contributed by atoms with Crippen molar-refractivity contribution < 1.29 is 13.7 Å². The molecule has 1 aliphatic heterocycles. The molecule has 1 saturated heterocycles. The van der Waals surface area contributed by atoms with Gasteiger partial charge in [0.15, 0.2) is 0 Å². The van der Waals surface area contributed by atoms with E-state index >= 15 is 0 Å². The highest BCUT2D eigenvalue weighted by Crippen LogP contribution is 2.20. The quantitative estimate of drug-likeness (QED) is 0.836. The Kier molecular flexibility index (Phi) is 6.00. The molecular formula is C17H25NO3S. The molecule has 1 aromatic rings. The second-order valence-electron chi connectivity index (χ2n) is 5.91. The molecule has 0 saturated carbocycles. The number of hydrogen-bond donors (Lipinski definition) is 0. The molecule has 0 spiro atoms. The number of ether oxygens (including phenoxy) is 1. The summed E-state index contributed by atoms with van der Waals surface area (Å²) in [5.41, 5.74) is 0. The number of nitrogens with zero attached hydrogens (tertiary/aromatic N) is 1. The molecule has 1 heterocycles. The number of benzene rings is 1. The third-order valence-electron chi connectivity index (χ3n) is 4.39. The van der Waals surface area contributed by atoms with Gasteiger partial charge < -0.3 is 9.64 Å². The lowest BCUT2D eigenvalue weighted by atomic mass is 10.0. The van der Waals surface area contributed by atoms with Gasteiger partial charge in [0.05, 0.1) is 11.9 Å². The maximum absolute atomic E-state index is 12.6. The highest BCUT2D eigenvalue weighted by molar-refractivity contribution is 7.85. The Labute approximate surface area is 135 Å². The van der Waals surface area contributed by atoms with Crippen molar-refractivity contribution in [2.75, 3.05) is 18.9 Å². The van der Waals surface area contributed by atoms with Gasteiger partial charge >= 0.3 is 0 Å². The van der Waals surface area contributed by atoms with Gasteiger partial charge in [-0.25, -0.2) is 0 Å². The Bertz CT molecular complexity index is 520. The van der Waals surface area contributed by atoms with E-state index in [2.05, 4.69) is 0 Å². The summed E-state index contributed by atoms with van der Waals surface area (Å²) in [6.07, 6.45) is 0.689. The van der Waals surface area contributed by atoms with Crippen molar-refractivity contribution in [1.29, 1.82) is 0 Å². The lowest BCUT2D eigenvalue weighted by molar-refractivity contribution is -0.137. The minimum absolute atomic E-state index is 0.0413. The first kappa shape index (κ1) is 17.0. The number of carbonyl (C=O) groups is 1. The lowest BCUT2D eigenvalue weighted by Crippen LogP contribution is -2.53. The molecule has 1 aromatic carbocycles. The van der Waals surface area contributed by atoms with Crippen LogP contribution in [0.4, 0.5) is 0 Å². The van der Waals surface area contributed by atoms with Crippen LogP contribution in [0.3, 0.4) is 0 Å². The third-order valence-corrected chi connectivity index (χ3v) is 6.19. The second kappa shape index (κ2) is 7.77. The van der Waals surface area contributed by atoms with Gasteiger partial charge in [0.25, 0.3) is 0 Å². The lowest BCUT2D eigenvalue weighted by Gasteiger charge is -2.38. The topological polar surface area (TPSA) is 46.6 Å². The largest absolute Gasteiger partial charge is 0.494 e. The Balaban J connectivity index is 1.83. The minimum atomic E-state index is -0.814. The second-order valence-corrected chi connectivity index (χ2v) is 7.83. The van der Waals surface area contributed by atoms with Gasteiger partial charge in [-0.1, -0.05) is 25.1 Å². The van der Waals surface area contributed by atoms with Crippen LogP contribution in [0.1, 0.15) is 27.2 Å². The number of carbonyl (C=O) groups excluding carboxylic acids is 1. The van der Waals surface area contributed by atoms with Crippen LogP contribution in [0.5, 0.6) is 5.75 Å². The van der Waals surface area contributed by atoms with Gasteiger partial charge in [-0.05, 0) is 32.4 Å². The zero-order valence-corrected chi connectivity index (χ0v) is 14.3. The van der Waals surface area contributed by atoms with Gasteiger partial charge in [0, 0.05) is 35.1 Å². The molecule has 5 heteroatoms. The standard InChI is InChI=1S/C17H25NO3S/c1-13(9-11-21-16-7-5-4-6-8-16)17(19)18-10-12-22(20)15(3)14(18)2/h4-8,13-15H,9-12H2,1-3H3/t13-,14+,15+,22+/m1/s1. The molecule has 2 rings (SSSR count). The Morgan fingerprint density at radius 1 is 1.36 bits per heavy atom. The normalized spacial score (nSPS) is 26.5. The van der Waals surface area contributed by atoms with Crippen molar-refractivity contribution >= 4 is 16.7 Å². The maximum Gasteiger partial charge on any atom is 0.225 e. The minimum Gasteiger partial charge on any atom is -0.494 e. The van der Waals surface area contributed by atoms with Crippen LogP contribution in [0.25, 0.3) is 0 Å². The van der Waals surface area contributed by atoms with E-state index in [1.165, 1.54) is 0 Å². The molecule has 0 aliphatic carbocycles. The van der Waals surface area contributed by atoms with Gasteiger partial charge in [0.2, 0.25) is 5.91 Å². The highest BCUT2D eigenvalue weighted by atomic mass is 32.2. The van der Waals surface area contributed by atoms with E-state index in [1.54, 1.807) is 0 Å². The average Bonchev–Trinajstić information content (AvgIpc) is 2.53. The summed E-state index contributed by atoms with van der Waals surface area (Å²) in [5.74, 6) is 1.49. The SMILES string of the molecule is C[C@H](CCOc1ccccc1)C(=O)N1CC[S@](=O)[C@@H](C)[C@@H]1C. The van der Waals surface area contributed by atoms with Crippen LogP contribution in [-0.4, -0.2) is 45.2 Å². The molecule has 122 valence electrons. The molecule has 1 amide bonds. The zero-order chi connectivity index (χ0) is 16.1. The smallest absolute Gasteiger partial charge is 0.225 e. The van der Waals surface area contributed by atoms with Crippen LogP contribution < -0.4 is 4.74 Å². The average molecular weight is 323 g/mol. The fraction of sp³-hybridized carbons (Fsp3) is 0.588. The first-order chi connectivity index (χ1) is 10.5.